The van der Waals surface area contributed by atoms with Gasteiger partial charge in [-0.05, 0) is 61.9 Å². The lowest BCUT2D eigenvalue weighted by Gasteiger charge is -2.28. The zero-order chi connectivity index (χ0) is 25.7. The van der Waals surface area contributed by atoms with E-state index in [9.17, 15) is 13.2 Å². The second kappa shape index (κ2) is 9.15. The number of halogens is 1. The molecule has 1 amide bonds. The highest BCUT2D eigenvalue weighted by atomic mass is 35.5. The fourth-order valence-corrected chi connectivity index (χ4v) is 5.98. The van der Waals surface area contributed by atoms with Crippen molar-refractivity contribution in [2.75, 3.05) is 19.6 Å². The van der Waals surface area contributed by atoms with Gasteiger partial charge in [-0.1, -0.05) is 35.9 Å². The minimum atomic E-state index is -3.33. The van der Waals surface area contributed by atoms with Gasteiger partial charge in [0.2, 0.25) is 0 Å². The molecule has 0 atom stereocenters. The summed E-state index contributed by atoms with van der Waals surface area (Å²) < 4.78 is 31.3. The number of para-hydroxylation sites is 1. The lowest BCUT2D eigenvalue weighted by Crippen LogP contribution is -2.44. The highest BCUT2D eigenvalue weighted by molar-refractivity contribution is 7.90. The number of carbonyl (C=O) groups excluding carboxylic acids is 1. The van der Waals surface area contributed by atoms with Crippen LogP contribution in [0.25, 0.3) is 26.7 Å². The molecule has 0 aliphatic carbocycles. The number of ether oxygens (including phenoxy) is 1. The summed E-state index contributed by atoms with van der Waals surface area (Å²) in [7, 11) is -3.33. The van der Waals surface area contributed by atoms with Gasteiger partial charge in [0, 0.05) is 11.1 Å². The van der Waals surface area contributed by atoms with Gasteiger partial charge in [0.1, 0.15) is 6.73 Å². The number of sulfone groups is 1. The van der Waals surface area contributed by atoms with E-state index in [0.717, 1.165) is 15.3 Å². The summed E-state index contributed by atoms with van der Waals surface area (Å²) in [5.74, 6) is -0.220. The molecule has 0 unspecified atom stereocenters. The molecule has 186 valence electrons. The molecule has 4 aromatic rings. The molecule has 2 aromatic carbocycles. The van der Waals surface area contributed by atoms with Gasteiger partial charge in [0.15, 0.2) is 15.5 Å². The van der Waals surface area contributed by atoms with E-state index < -0.39 is 15.4 Å². The third-order valence-electron chi connectivity index (χ3n) is 6.07. The number of nitrogens with zero attached hydrogens (tertiary/aromatic N) is 3. The number of benzene rings is 2. The average molecular weight is 542 g/mol. The van der Waals surface area contributed by atoms with Gasteiger partial charge in [-0.2, -0.15) is 5.10 Å². The first-order chi connectivity index (χ1) is 17.0. The highest BCUT2D eigenvalue weighted by Gasteiger charge is 2.38. The highest BCUT2D eigenvalue weighted by Crippen LogP contribution is 2.37. The zero-order valence-corrected chi connectivity index (χ0v) is 22.3. The molecule has 36 heavy (non-hydrogen) atoms. The van der Waals surface area contributed by atoms with Crippen molar-refractivity contribution in [3.05, 3.63) is 77.4 Å². The van der Waals surface area contributed by atoms with Gasteiger partial charge >= 0.3 is 0 Å². The van der Waals surface area contributed by atoms with Gasteiger partial charge < -0.3 is 9.64 Å². The Balaban J connectivity index is 1.60. The van der Waals surface area contributed by atoms with Crippen molar-refractivity contribution < 1.29 is 17.9 Å². The van der Waals surface area contributed by atoms with Crippen molar-refractivity contribution in [2.24, 2.45) is 0 Å². The number of hydrogen-bond acceptors (Lipinski definition) is 6. The Morgan fingerprint density at radius 2 is 1.81 bits per heavy atom. The third-order valence-corrected chi connectivity index (χ3v) is 8.65. The number of aromatic nitrogens is 2. The van der Waals surface area contributed by atoms with Crippen LogP contribution >= 0.6 is 22.9 Å². The zero-order valence-electron chi connectivity index (χ0n) is 19.9. The summed E-state index contributed by atoms with van der Waals surface area (Å²) in [5, 5.41) is 5.17. The average Bonchev–Trinajstić information content (AvgIpc) is 3.56. The van der Waals surface area contributed by atoms with Gasteiger partial charge in [-0.15, -0.1) is 11.3 Å². The van der Waals surface area contributed by atoms with Crippen molar-refractivity contribution in [2.45, 2.75) is 24.3 Å². The number of amides is 1. The predicted octanol–water partition coefficient (Wildman–Crippen LogP) is 5.53. The maximum Gasteiger partial charge on any atom is 0.276 e. The number of thiophene rings is 1. The Labute approximate surface area is 218 Å². The molecule has 1 aliphatic rings. The monoisotopic (exact) mass is 541 g/mol. The van der Waals surface area contributed by atoms with Crippen molar-refractivity contribution in [3.8, 4) is 26.7 Å². The van der Waals surface area contributed by atoms with E-state index in [1.165, 1.54) is 17.6 Å². The van der Waals surface area contributed by atoms with E-state index >= 15 is 0 Å². The van der Waals surface area contributed by atoms with Gasteiger partial charge in [0.25, 0.3) is 5.91 Å². The lowest BCUT2D eigenvalue weighted by atomic mass is 10.1. The summed E-state index contributed by atoms with van der Waals surface area (Å²) in [6.45, 7) is 4.58. The largest absolute Gasteiger partial charge is 0.359 e. The Morgan fingerprint density at radius 1 is 1.06 bits per heavy atom. The van der Waals surface area contributed by atoms with Gasteiger partial charge in [0.05, 0.1) is 38.3 Å². The molecule has 1 saturated heterocycles. The molecule has 7 nitrogen and oxygen atoms in total. The summed E-state index contributed by atoms with van der Waals surface area (Å²) >= 11 is 7.99. The van der Waals surface area contributed by atoms with Crippen molar-refractivity contribution in [1.29, 1.82) is 0 Å². The van der Waals surface area contributed by atoms with Crippen LogP contribution in [0.5, 0.6) is 0 Å². The molecule has 2 aromatic heterocycles. The van der Waals surface area contributed by atoms with E-state index in [0.29, 0.717) is 23.0 Å². The maximum absolute atomic E-state index is 13.4. The molecule has 5 rings (SSSR count). The Kier molecular flexibility index (Phi) is 6.28. The third kappa shape index (κ3) is 4.59. The fourth-order valence-electron chi connectivity index (χ4n) is 4.09. The molecule has 0 N–H and O–H groups in total. The molecule has 0 spiro atoms. The van der Waals surface area contributed by atoms with Crippen molar-refractivity contribution in [3.63, 3.8) is 0 Å². The summed E-state index contributed by atoms with van der Waals surface area (Å²) in [6, 6.07) is 19.8. The van der Waals surface area contributed by atoms with E-state index in [1.54, 1.807) is 39.9 Å². The standard InChI is InChI=1S/C26H24ClN3O4S2/c1-26(2)15-34-16-29(26)25(31)20-14-22(30(28-20)21-10-5-4-9-19(21)27)24-12-11-23(35-24)17-7-6-8-18(13-17)36(3,32)33/h4-14H,15-16H2,1-3H3. The van der Waals surface area contributed by atoms with E-state index in [-0.39, 0.29) is 23.2 Å². The van der Waals surface area contributed by atoms with Crippen LogP contribution in [-0.4, -0.2) is 54.1 Å². The van der Waals surface area contributed by atoms with Crippen LogP contribution in [0.2, 0.25) is 5.02 Å². The summed E-state index contributed by atoms with van der Waals surface area (Å²) in [6.07, 6.45) is 1.19. The van der Waals surface area contributed by atoms with Crippen LogP contribution in [0.3, 0.4) is 0 Å². The van der Waals surface area contributed by atoms with Crippen molar-refractivity contribution in [1.82, 2.24) is 14.7 Å². The van der Waals surface area contributed by atoms with Crippen molar-refractivity contribution >= 4 is 38.7 Å². The summed E-state index contributed by atoms with van der Waals surface area (Å²) in [5.41, 5.74) is 2.01. The second-order valence-electron chi connectivity index (χ2n) is 9.27. The Bertz CT molecular complexity index is 1570. The first-order valence-electron chi connectivity index (χ1n) is 11.2. The molecule has 0 bridgehead atoms. The second-order valence-corrected chi connectivity index (χ2v) is 12.8. The molecular weight excluding hydrogens is 518 g/mol. The predicted molar refractivity (Wildman–Crippen MR) is 142 cm³/mol. The Morgan fingerprint density at radius 3 is 2.50 bits per heavy atom. The van der Waals surface area contributed by atoms with Gasteiger partial charge in [-0.3, -0.25) is 4.79 Å². The number of carbonyl (C=O) groups is 1. The lowest BCUT2D eigenvalue weighted by molar-refractivity contribution is 0.0599. The topological polar surface area (TPSA) is 81.5 Å². The van der Waals surface area contributed by atoms with Crippen LogP contribution in [0.1, 0.15) is 24.3 Å². The van der Waals surface area contributed by atoms with E-state index in [1.807, 2.05) is 50.2 Å². The molecule has 1 aliphatic heterocycles. The molecular formula is C26H24ClN3O4S2. The minimum Gasteiger partial charge on any atom is -0.359 e. The molecule has 1 fully saturated rings. The fraction of sp³-hybridized carbons (Fsp3) is 0.231. The smallest absolute Gasteiger partial charge is 0.276 e. The molecule has 0 saturated carbocycles. The first-order valence-corrected chi connectivity index (χ1v) is 14.3. The van der Waals surface area contributed by atoms with Crippen LogP contribution in [0, 0.1) is 0 Å². The normalized spacial score (nSPS) is 15.4. The van der Waals surface area contributed by atoms with Gasteiger partial charge in [-0.25, -0.2) is 13.1 Å². The number of rotatable bonds is 5. The summed E-state index contributed by atoms with van der Waals surface area (Å²) in [4.78, 5) is 17.1. The van der Waals surface area contributed by atoms with Crippen LogP contribution < -0.4 is 0 Å². The van der Waals surface area contributed by atoms with E-state index in [4.69, 9.17) is 16.3 Å². The molecule has 0 radical (unpaired) electrons. The molecule has 10 heteroatoms. The quantitative estimate of drug-likeness (QED) is 0.331. The van der Waals surface area contributed by atoms with Crippen LogP contribution in [0.4, 0.5) is 0 Å². The van der Waals surface area contributed by atoms with Crippen LogP contribution in [-0.2, 0) is 14.6 Å². The van der Waals surface area contributed by atoms with E-state index in [2.05, 4.69) is 5.10 Å². The molecule has 3 heterocycles. The maximum atomic E-state index is 13.4. The Hall–Kier alpha value is -2.98. The minimum absolute atomic E-state index is 0.208. The van der Waals surface area contributed by atoms with Crippen LogP contribution in [0.15, 0.2) is 71.6 Å². The first kappa shape index (κ1) is 24.7. The number of hydrogen-bond donors (Lipinski definition) is 0. The SMILES string of the molecule is CC1(C)COCN1C(=O)c1cc(-c2ccc(-c3cccc(S(C)(=O)=O)c3)s2)n(-c2ccccc2Cl)n1.